The van der Waals surface area contributed by atoms with Crippen LogP contribution in [-0.4, -0.2) is 47.7 Å². The number of aliphatic hydroxyl groups excluding tert-OH is 1. The van der Waals surface area contributed by atoms with Crippen LogP contribution in [0.5, 0.6) is 0 Å². The van der Waals surface area contributed by atoms with Crippen LogP contribution in [-0.2, 0) is 12.0 Å². The van der Waals surface area contributed by atoms with Crippen LogP contribution in [0.25, 0.3) is 0 Å². The first-order valence-electron chi connectivity index (χ1n) is 7.93. The van der Waals surface area contributed by atoms with Crippen molar-refractivity contribution < 1.29 is 5.11 Å². The third-order valence-electron chi connectivity index (χ3n) is 4.16. The molecule has 0 aromatic carbocycles. The van der Waals surface area contributed by atoms with Gasteiger partial charge in [-0.3, -0.25) is 0 Å². The van der Waals surface area contributed by atoms with E-state index in [9.17, 15) is 5.11 Å². The Bertz CT molecular complexity index is 467. The van der Waals surface area contributed by atoms with Gasteiger partial charge in [0.2, 0.25) is 0 Å². The van der Waals surface area contributed by atoms with Gasteiger partial charge in [0.15, 0.2) is 5.13 Å². The molecule has 1 aromatic heterocycles. The molecule has 2 heterocycles. The van der Waals surface area contributed by atoms with Crippen LogP contribution < -0.4 is 4.90 Å². The van der Waals surface area contributed by atoms with Gasteiger partial charge in [0.25, 0.3) is 0 Å². The summed E-state index contributed by atoms with van der Waals surface area (Å²) in [5.74, 6) is 0. The second-order valence-corrected chi connectivity index (χ2v) is 8.11. The number of anilines is 1. The van der Waals surface area contributed by atoms with Crippen molar-refractivity contribution in [1.82, 2.24) is 9.88 Å². The molecule has 0 spiro atoms. The first-order chi connectivity index (χ1) is 9.86. The predicted molar refractivity (Wildman–Crippen MR) is 90.3 cm³/mol. The SMILES string of the molecule is CCC1CN(C)CCCN1c1nc(C(C)(C)C)c(CO)s1. The molecule has 5 heteroatoms. The molecular formula is C16H29N3OS. The van der Waals surface area contributed by atoms with Gasteiger partial charge in [-0.25, -0.2) is 4.98 Å². The fraction of sp³-hybridized carbons (Fsp3) is 0.812. The van der Waals surface area contributed by atoms with Crippen molar-refractivity contribution >= 4 is 16.5 Å². The van der Waals surface area contributed by atoms with Crippen LogP contribution in [0.15, 0.2) is 0 Å². The molecule has 1 N–H and O–H groups in total. The molecule has 1 aromatic rings. The topological polar surface area (TPSA) is 39.6 Å². The molecule has 0 aliphatic carbocycles. The van der Waals surface area contributed by atoms with Gasteiger partial charge in [0, 0.05) is 24.5 Å². The smallest absolute Gasteiger partial charge is 0.186 e. The molecule has 120 valence electrons. The van der Waals surface area contributed by atoms with Crippen molar-refractivity contribution in [3.8, 4) is 0 Å². The van der Waals surface area contributed by atoms with Gasteiger partial charge in [-0.2, -0.15) is 0 Å². The highest BCUT2D eigenvalue weighted by molar-refractivity contribution is 7.15. The first-order valence-corrected chi connectivity index (χ1v) is 8.74. The summed E-state index contributed by atoms with van der Waals surface area (Å²) in [6.07, 6.45) is 2.30. The fourth-order valence-corrected chi connectivity index (χ4v) is 4.23. The quantitative estimate of drug-likeness (QED) is 0.932. The molecule has 4 nitrogen and oxygen atoms in total. The van der Waals surface area contributed by atoms with Gasteiger partial charge in [0.05, 0.1) is 17.2 Å². The average molecular weight is 311 g/mol. The minimum Gasteiger partial charge on any atom is -0.391 e. The molecule has 0 amide bonds. The van der Waals surface area contributed by atoms with Gasteiger partial charge in [-0.15, -0.1) is 0 Å². The molecule has 0 bridgehead atoms. The number of likely N-dealkylation sites (N-methyl/N-ethyl adjacent to an activating group) is 1. The number of hydrogen-bond acceptors (Lipinski definition) is 5. The fourth-order valence-electron chi connectivity index (χ4n) is 3.00. The lowest BCUT2D eigenvalue weighted by Crippen LogP contribution is -2.39. The Morgan fingerprint density at radius 1 is 1.33 bits per heavy atom. The van der Waals surface area contributed by atoms with E-state index in [1.165, 1.54) is 6.42 Å². The lowest BCUT2D eigenvalue weighted by Gasteiger charge is -2.30. The Labute approximate surface area is 132 Å². The zero-order valence-electron chi connectivity index (χ0n) is 14.0. The van der Waals surface area contributed by atoms with Crippen LogP contribution >= 0.6 is 11.3 Å². The molecule has 0 saturated carbocycles. The van der Waals surface area contributed by atoms with E-state index in [1.54, 1.807) is 11.3 Å². The van der Waals surface area contributed by atoms with Crippen molar-refractivity contribution in [2.45, 2.75) is 58.6 Å². The molecule has 0 radical (unpaired) electrons. The number of thiazole rings is 1. The van der Waals surface area contributed by atoms with E-state index in [1.807, 2.05) is 0 Å². The molecule has 1 aliphatic rings. The summed E-state index contributed by atoms with van der Waals surface area (Å²) in [6, 6.07) is 0.517. The van der Waals surface area contributed by atoms with E-state index in [-0.39, 0.29) is 12.0 Å². The molecule has 21 heavy (non-hydrogen) atoms. The molecule has 1 unspecified atom stereocenters. The number of hydrogen-bond donors (Lipinski definition) is 1. The maximum Gasteiger partial charge on any atom is 0.186 e. The van der Waals surface area contributed by atoms with Gasteiger partial charge in [-0.05, 0) is 26.4 Å². The molecular weight excluding hydrogens is 282 g/mol. The van der Waals surface area contributed by atoms with Crippen molar-refractivity contribution in [2.24, 2.45) is 0 Å². The molecule has 1 fully saturated rings. The number of aromatic nitrogens is 1. The van der Waals surface area contributed by atoms with E-state index in [2.05, 4.69) is 44.5 Å². The lowest BCUT2D eigenvalue weighted by molar-refractivity contribution is 0.282. The summed E-state index contributed by atoms with van der Waals surface area (Å²) in [6.45, 7) is 12.1. The normalized spacial score (nSPS) is 21.6. The molecule has 1 saturated heterocycles. The van der Waals surface area contributed by atoms with E-state index < -0.39 is 0 Å². The van der Waals surface area contributed by atoms with E-state index >= 15 is 0 Å². The maximum absolute atomic E-state index is 9.66. The number of rotatable bonds is 3. The highest BCUT2D eigenvalue weighted by atomic mass is 32.1. The Morgan fingerprint density at radius 3 is 2.57 bits per heavy atom. The van der Waals surface area contributed by atoms with Gasteiger partial charge in [0.1, 0.15) is 0 Å². The zero-order chi connectivity index (χ0) is 15.6. The molecule has 1 atom stereocenters. The largest absolute Gasteiger partial charge is 0.391 e. The van der Waals surface area contributed by atoms with Crippen molar-refractivity contribution in [3.05, 3.63) is 10.6 Å². The van der Waals surface area contributed by atoms with E-state index in [0.29, 0.717) is 6.04 Å². The third kappa shape index (κ3) is 3.76. The Balaban J connectivity index is 2.33. The third-order valence-corrected chi connectivity index (χ3v) is 5.24. The van der Waals surface area contributed by atoms with Gasteiger partial charge in [-0.1, -0.05) is 39.0 Å². The molecule has 2 rings (SSSR count). The van der Waals surface area contributed by atoms with Gasteiger partial charge >= 0.3 is 0 Å². The van der Waals surface area contributed by atoms with Crippen molar-refractivity contribution in [1.29, 1.82) is 0 Å². The minimum absolute atomic E-state index is 0.0167. The highest BCUT2D eigenvalue weighted by Crippen LogP contribution is 2.35. The second kappa shape index (κ2) is 6.63. The van der Waals surface area contributed by atoms with Crippen LogP contribution in [0.4, 0.5) is 5.13 Å². The van der Waals surface area contributed by atoms with Crippen LogP contribution in [0, 0.1) is 0 Å². The summed E-state index contributed by atoms with van der Waals surface area (Å²) in [7, 11) is 2.20. The monoisotopic (exact) mass is 311 g/mol. The first kappa shape index (κ1) is 16.7. The maximum atomic E-state index is 9.66. The highest BCUT2D eigenvalue weighted by Gasteiger charge is 2.28. The summed E-state index contributed by atoms with van der Waals surface area (Å²) < 4.78 is 0. The van der Waals surface area contributed by atoms with Crippen molar-refractivity contribution in [2.75, 3.05) is 31.6 Å². The molecule has 1 aliphatic heterocycles. The Hall–Kier alpha value is -0.650. The standard InChI is InChI=1S/C16H29N3OS/c1-6-12-10-18(5)8-7-9-19(12)15-17-14(16(2,3)4)13(11-20)21-15/h12,20H,6-11H2,1-5H3. The van der Waals surface area contributed by atoms with Crippen LogP contribution in [0.2, 0.25) is 0 Å². The Kier molecular flexibility index (Phi) is 5.28. The van der Waals surface area contributed by atoms with E-state index in [4.69, 9.17) is 4.98 Å². The number of aliphatic hydroxyl groups is 1. The predicted octanol–water partition coefficient (Wildman–Crippen LogP) is 2.85. The zero-order valence-corrected chi connectivity index (χ0v) is 14.8. The summed E-state index contributed by atoms with van der Waals surface area (Å²) >= 11 is 1.67. The minimum atomic E-state index is -0.0167. The Morgan fingerprint density at radius 2 is 2.05 bits per heavy atom. The van der Waals surface area contributed by atoms with Gasteiger partial charge < -0.3 is 14.9 Å². The van der Waals surface area contributed by atoms with Crippen LogP contribution in [0.1, 0.15) is 51.1 Å². The summed E-state index contributed by atoms with van der Waals surface area (Å²) in [4.78, 5) is 10.8. The number of nitrogens with zero attached hydrogens (tertiary/aromatic N) is 3. The lowest BCUT2D eigenvalue weighted by atomic mass is 9.91. The van der Waals surface area contributed by atoms with Crippen molar-refractivity contribution in [3.63, 3.8) is 0 Å². The van der Waals surface area contributed by atoms with Crippen LogP contribution in [0.3, 0.4) is 0 Å². The summed E-state index contributed by atoms with van der Waals surface area (Å²) in [5.41, 5.74) is 1.04. The van der Waals surface area contributed by atoms with E-state index in [0.717, 1.165) is 41.8 Å². The average Bonchev–Trinajstić information content (AvgIpc) is 2.76. The second-order valence-electron chi connectivity index (χ2n) is 7.05. The summed E-state index contributed by atoms with van der Waals surface area (Å²) in [5, 5.41) is 10.7.